The number of ether oxygens (including phenoxy) is 1. The van der Waals surface area contributed by atoms with Crippen molar-refractivity contribution in [3.63, 3.8) is 0 Å². The van der Waals surface area contributed by atoms with Gasteiger partial charge in [0.05, 0.1) is 11.8 Å². The lowest BCUT2D eigenvalue weighted by Gasteiger charge is -2.10. The predicted octanol–water partition coefficient (Wildman–Crippen LogP) is 2.70. The van der Waals surface area contributed by atoms with E-state index in [0.717, 1.165) is 11.1 Å². The summed E-state index contributed by atoms with van der Waals surface area (Å²) in [6.45, 7) is 5.14. The summed E-state index contributed by atoms with van der Waals surface area (Å²) in [5.74, 6) is 0.0733. The molecule has 1 aromatic carbocycles. The number of hydrogen-bond acceptors (Lipinski definition) is 4. The van der Waals surface area contributed by atoms with Crippen LogP contribution in [0.4, 0.5) is 0 Å². The van der Waals surface area contributed by atoms with E-state index >= 15 is 0 Å². The van der Waals surface area contributed by atoms with Gasteiger partial charge < -0.3 is 9.15 Å². The van der Waals surface area contributed by atoms with Crippen LogP contribution in [0.15, 0.2) is 28.9 Å². The van der Waals surface area contributed by atoms with Gasteiger partial charge in [0.2, 0.25) is 0 Å². The number of benzene rings is 1. The number of nitrogens with one attached hydrogen (secondary N) is 2. The van der Waals surface area contributed by atoms with Gasteiger partial charge in [0, 0.05) is 5.02 Å². The topological polar surface area (TPSA) is 80.6 Å². The van der Waals surface area contributed by atoms with Crippen LogP contribution < -0.4 is 15.6 Å². The molecule has 0 radical (unpaired) electrons. The minimum Gasteiger partial charge on any atom is -0.484 e. The molecule has 2 rings (SSSR count). The third-order valence-electron chi connectivity index (χ3n) is 3.20. The summed E-state index contributed by atoms with van der Waals surface area (Å²) in [6.07, 6.45) is 1.40. The third-order valence-corrected chi connectivity index (χ3v) is 3.79. The molecule has 0 bridgehead atoms. The molecule has 0 saturated heterocycles. The van der Waals surface area contributed by atoms with Gasteiger partial charge >= 0.3 is 0 Å². The van der Waals surface area contributed by atoms with Gasteiger partial charge in [-0.3, -0.25) is 20.4 Å². The van der Waals surface area contributed by atoms with Crippen LogP contribution in [0.2, 0.25) is 5.02 Å². The van der Waals surface area contributed by atoms with Gasteiger partial charge in [0.1, 0.15) is 11.5 Å². The minimum atomic E-state index is -0.482. The van der Waals surface area contributed by atoms with Gasteiger partial charge in [-0.2, -0.15) is 0 Å². The number of carbonyl (C=O) groups excluding carboxylic acids is 2. The number of aryl methyl sites for hydroxylation is 3. The van der Waals surface area contributed by atoms with Crippen molar-refractivity contribution in [2.24, 2.45) is 0 Å². The van der Waals surface area contributed by atoms with Crippen molar-refractivity contribution >= 4 is 23.4 Å². The molecule has 0 spiro atoms. The molecule has 0 aliphatic rings. The molecule has 7 heteroatoms. The molecule has 1 aromatic heterocycles. The van der Waals surface area contributed by atoms with Crippen LogP contribution >= 0.6 is 11.6 Å². The molecule has 0 saturated carbocycles. The average molecular weight is 337 g/mol. The predicted molar refractivity (Wildman–Crippen MR) is 85.5 cm³/mol. The number of carbonyl (C=O) groups is 2. The van der Waals surface area contributed by atoms with Gasteiger partial charge in [-0.15, -0.1) is 0 Å². The molecule has 0 fully saturated rings. The Hall–Kier alpha value is -2.47. The molecule has 0 atom stereocenters. The molecule has 122 valence electrons. The average Bonchev–Trinajstić information content (AvgIpc) is 2.94. The maximum atomic E-state index is 11.8. The summed E-state index contributed by atoms with van der Waals surface area (Å²) in [5, 5.41) is 0.671. The van der Waals surface area contributed by atoms with Crippen molar-refractivity contribution < 1.29 is 18.7 Å². The highest BCUT2D eigenvalue weighted by molar-refractivity contribution is 6.32. The zero-order valence-corrected chi connectivity index (χ0v) is 13.8. The molecule has 1 heterocycles. The lowest BCUT2D eigenvalue weighted by molar-refractivity contribution is -0.123. The highest BCUT2D eigenvalue weighted by atomic mass is 35.5. The van der Waals surface area contributed by atoms with E-state index in [2.05, 4.69) is 10.9 Å². The monoisotopic (exact) mass is 336 g/mol. The Bertz CT molecular complexity index is 716. The van der Waals surface area contributed by atoms with Crippen molar-refractivity contribution in [3.05, 3.63) is 51.9 Å². The molecule has 23 heavy (non-hydrogen) atoms. The third kappa shape index (κ3) is 4.26. The zero-order chi connectivity index (χ0) is 17.0. The molecular formula is C16H17ClN2O4. The first-order valence-corrected chi connectivity index (χ1v) is 7.29. The second kappa shape index (κ2) is 7.19. The fraction of sp³-hybridized carbons (Fsp3) is 0.250. The summed E-state index contributed by atoms with van der Waals surface area (Å²) in [7, 11) is 0. The number of rotatable bonds is 4. The summed E-state index contributed by atoms with van der Waals surface area (Å²) >= 11 is 6.07. The molecule has 0 aliphatic carbocycles. The van der Waals surface area contributed by atoms with Crippen LogP contribution in [0.1, 0.15) is 27.2 Å². The van der Waals surface area contributed by atoms with Gasteiger partial charge in [-0.1, -0.05) is 11.6 Å². The highest BCUT2D eigenvalue weighted by Crippen LogP contribution is 2.25. The molecule has 0 unspecified atom stereocenters. The number of hydrazine groups is 1. The summed E-state index contributed by atoms with van der Waals surface area (Å²) in [6, 6.07) is 5.01. The maximum absolute atomic E-state index is 11.8. The summed E-state index contributed by atoms with van der Waals surface area (Å²) < 4.78 is 10.4. The number of hydrogen-bond donors (Lipinski definition) is 2. The lowest BCUT2D eigenvalue weighted by Crippen LogP contribution is -2.43. The van der Waals surface area contributed by atoms with E-state index in [0.29, 0.717) is 22.1 Å². The van der Waals surface area contributed by atoms with Crippen LogP contribution in [0, 0.1) is 20.8 Å². The van der Waals surface area contributed by atoms with Crippen molar-refractivity contribution in [2.75, 3.05) is 6.61 Å². The number of halogens is 1. The van der Waals surface area contributed by atoms with Gasteiger partial charge in [-0.05, 0) is 50.1 Å². The Balaban J connectivity index is 1.84. The van der Waals surface area contributed by atoms with Crippen molar-refractivity contribution in [1.82, 2.24) is 10.9 Å². The first-order valence-electron chi connectivity index (χ1n) is 6.91. The van der Waals surface area contributed by atoms with E-state index in [1.165, 1.54) is 12.3 Å². The van der Waals surface area contributed by atoms with Crippen LogP contribution in [-0.2, 0) is 4.79 Å². The Kier molecular flexibility index (Phi) is 5.28. The first kappa shape index (κ1) is 16.9. The van der Waals surface area contributed by atoms with Gasteiger partial charge in [0.25, 0.3) is 11.8 Å². The van der Waals surface area contributed by atoms with Crippen LogP contribution in [0.5, 0.6) is 5.75 Å². The van der Waals surface area contributed by atoms with E-state index < -0.39 is 11.8 Å². The summed E-state index contributed by atoms with van der Waals surface area (Å²) in [5.41, 5.74) is 6.66. The van der Waals surface area contributed by atoms with Gasteiger partial charge in [0.15, 0.2) is 6.61 Å². The van der Waals surface area contributed by atoms with E-state index in [9.17, 15) is 9.59 Å². The zero-order valence-electron chi connectivity index (χ0n) is 13.0. The van der Waals surface area contributed by atoms with Crippen molar-refractivity contribution in [1.29, 1.82) is 0 Å². The standard InChI is InChI=1S/C16H17ClN2O4/c1-9-6-12(7-10(2)15(9)17)23-8-14(20)18-19-16(21)13-4-5-22-11(13)3/h4-7H,8H2,1-3H3,(H,18,20)(H,19,21). The first-order chi connectivity index (χ1) is 10.9. The second-order valence-corrected chi connectivity index (χ2v) is 5.43. The fourth-order valence-corrected chi connectivity index (χ4v) is 2.10. The van der Waals surface area contributed by atoms with Crippen LogP contribution in [0.3, 0.4) is 0 Å². The minimum absolute atomic E-state index is 0.231. The number of furan rings is 1. The van der Waals surface area contributed by atoms with E-state index in [-0.39, 0.29) is 6.61 Å². The molecule has 2 aromatic rings. The molecule has 2 N–H and O–H groups in total. The molecule has 2 amide bonds. The largest absolute Gasteiger partial charge is 0.484 e. The Morgan fingerprint density at radius 2 is 1.83 bits per heavy atom. The highest BCUT2D eigenvalue weighted by Gasteiger charge is 2.12. The maximum Gasteiger partial charge on any atom is 0.276 e. The van der Waals surface area contributed by atoms with E-state index in [1.807, 2.05) is 13.8 Å². The quantitative estimate of drug-likeness (QED) is 0.841. The second-order valence-electron chi connectivity index (χ2n) is 5.05. The molecule has 0 aliphatic heterocycles. The lowest BCUT2D eigenvalue weighted by atomic mass is 10.1. The van der Waals surface area contributed by atoms with Crippen LogP contribution in [0.25, 0.3) is 0 Å². The molecule has 6 nitrogen and oxygen atoms in total. The number of amides is 2. The normalized spacial score (nSPS) is 10.3. The Labute approximate surface area is 138 Å². The Morgan fingerprint density at radius 1 is 1.17 bits per heavy atom. The van der Waals surface area contributed by atoms with Crippen molar-refractivity contribution in [3.8, 4) is 5.75 Å². The van der Waals surface area contributed by atoms with E-state index in [4.69, 9.17) is 20.8 Å². The van der Waals surface area contributed by atoms with Gasteiger partial charge in [-0.25, -0.2) is 0 Å². The fourth-order valence-electron chi connectivity index (χ4n) is 1.99. The SMILES string of the molecule is Cc1cc(OCC(=O)NNC(=O)c2ccoc2C)cc(C)c1Cl. The van der Waals surface area contributed by atoms with E-state index in [1.54, 1.807) is 19.1 Å². The smallest absolute Gasteiger partial charge is 0.276 e. The molecular weight excluding hydrogens is 320 g/mol. The van der Waals surface area contributed by atoms with Crippen molar-refractivity contribution in [2.45, 2.75) is 20.8 Å². The Morgan fingerprint density at radius 3 is 2.39 bits per heavy atom. The van der Waals surface area contributed by atoms with Crippen LogP contribution in [-0.4, -0.2) is 18.4 Å². The summed E-state index contributed by atoms with van der Waals surface area (Å²) in [4.78, 5) is 23.5.